The van der Waals surface area contributed by atoms with E-state index in [9.17, 15) is 0 Å². The van der Waals surface area contributed by atoms with Crippen molar-refractivity contribution in [1.29, 1.82) is 0 Å². The molecular formula is C20H21N7. The number of hydrogen-bond acceptors (Lipinski definition) is 5. The predicted molar refractivity (Wildman–Crippen MR) is 102 cm³/mol. The molecule has 0 aliphatic carbocycles. The van der Waals surface area contributed by atoms with Crippen molar-refractivity contribution in [2.75, 3.05) is 7.05 Å². The van der Waals surface area contributed by atoms with Crippen molar-refractivity contribution in [2.24, 2.45) is 0 Å². The summed E-state index contributed by atoms with van der Waals surface area (Å²) in [6.45, 7) is 2.76. The lowest BCUT2D eigenvalue weighted by Crippen LogP contribution is -2.28. The molecule has 7 heteroatoms. The molecule has 4 rings (SSSR count). The first-order chi connectivity index (χ1) is 13.2. The molecule has 0 bridgehead atoms. The minimum atomic E-state index is -0.107. The van der Waals surface area contributed by atoms with E-state index in [2.05, 4.69) is 62.6 Å². The summed E-state index contributed by atoms with van der Waals surface area (Å²) in [7, 11) is 2.06. The average Bonchev–Trinajstić information content (AvgIpc) is 3.36. The van der Waals surface area contributed by atoms with Gasteiger partial charge in [0.25, 0.3) is 0 Å². The third kappa shape index (κ3) is 3.50. The number of nitrogens with zero attached hydrogens (tertiary/aromatic N) is 6. The number of tetrazole rings is 1. The van der Waals surface area contributed by atoms with E-state index in [1.807, 2.05) is 47.3 Å². The van der Waals surface area contributed by atoms with Gasteiger partial charge in [0.2, 0.25) is 0 Å². The molecule has 2 heterocycles. The number of imidazole rings is 1. The van der Waals surface area contributed by atoms with Crippen molar-refractivity contribution in [3.63, 3.8) is 0 Å². The first kappa shape index (κ1) is 17.1. The van der Waals surface area contributed by atoms with Crippen LogP contribution >= 0.6 is 0 Å². The first-order valence-electron chi connectivity index (χ1n) is 8.81. The van der Waals surface area contributed by atoms with Crippen molar-refractivity contribution in [3.05, 3.63) is 89.8 Å². The lowest BCUT2D eigenvalue weighted by Gasteiger charge is -2.27. The van der Waals surface area contributed by atoms with Gasteiger partial charge in [0.05, 0.1) is 18.1 Å². The molecule has 0 aliphatic rings. The largest absolute Gasteiger partial charge is 0.347 e. The summed E-state index contributed by atoms with van der Waals surface area (Å²) in [6.07, 6.45) is 3.53. The van der Waals surface area contributed by atoms with E-state index in [4.69, 9.17) is 0 Å². The lowest BCUT2D eigenvalue weighted by atomic mass is 10.0. The van der Waals surface area contributed by atoms with Crippen LogP contribution in [-0.2, 0) is 6.54 Å². The molecule has 0 fully saturated rings. The number of benzene rings is 2. The fourth-order valence-electron chi connectivity index (χ4n) is 3.30. The highest BCUT2D eigenvalue weighted by atomic mass is 15.6. The standard InChI is InChI=1S/C20H21N7/c1-15-8-6-7-11-18(15)27-20(23-24-25-27)19(16-9-4-3-5-10-16)26(2)13-17-12-21-14-22-17/h3-12,14,19H,13H2,1-2H3,(H,21,22)/t19-/m1/s1. The van der Waals surface area contributed by atoms with Gasteiger partial charge in [-0.1, -0.05) is 48.5 Å². The van der Waals surface area contributed by atoms with Crippen molar-refractivity contribution in [3.8, 4) is 5.69 Å². The number of para-hydroxylation sites is 1. The van der Waals surface area contributed by atoms with Crippen LogP contribution in [0, 0.1) is 6.92 Å². The average molecular weight is 359 g/mol. The maximum absolute atomic E-state index is 4.40. The SMILES string of the molecule is Cc1ccccc1-n1nnnc1[C@@H](c1ccccc1)N(C)Cc1cnc[nH]1. The zero-order valence-electron chi connectivity index (χ0n) is 15.3. The van der Waals surface area contributed by atoms with Crippen molar-refractivity contribution in [2.45, 2.75) is 19.5 Å². The number of aryl methyl sites for hydroxylation is 1. The molecule has 0 radical (unpaired) electrons. The van der Waals surface area contributed by atoms with Gasteiger partial charge in [-0.15, -0.1) is 5.10 Å². The topological polar surface area (TPSA) is 75.5 Å². The highest BCUT2D eigenvalue weighted by molar-refractivity contribution is 5.40. The van der Waals surface area contributed by atoms with Gasteiger partial charge in [-0.25, -0.2) is 4.98 Å². The molecule has 2 aromatic heterocycles. The molecule has 1 N–H and O–H groups in total. The van der Waals surface area contributed by atoms with Gasteiger partial charge in [0.15, 0.2) is 5.82 Å². The van der Waals surface area contributed by atoms with Gasteiger partial charge in [0.1, 0.15) is 0 Å². The third-order valence-electron chi connectivity index (χ3n) is 4.61. The highest BCUT2D eigenvalue weighted by Crippen LogP contribution is 2.28. The second kappa shape index (κ2) is 7.51. The molecule has 0 unspecified atom stereocenters. The fraction of sp³-hybridized carbons (Fsp3) is 0.200. The van der Waals surface area contributed by atoms with E-state index in [-0.39, 0.29) is 6.04 Å². The Hall–Kier alpha value is -3.32. The van der Waals surface area contributed by atoms with Gasteiger partial charge >= 0.3 is 0 Å². The summed E-state index contributed by atoms with van der Waals surface area (Å²) >= 11 is 0. The number of rotatable bonds is 6. The molecule has 0 amide bonds. The number of aromatic amines is 1. The molecule has 1 atom stereocenters. The van der Waals surface area contributed by atoms with E-state index in [1.165, 1.54) is 0 Å². The number of hydrogen-bond donors (Lipinski definition) is 1. The molecule has 136 valence electrons. The van der Waals surface area contributed by atoms with Crippen LogP contribution in [-0.4, -0.2) is 42.1 Å². The second-order valence-electron chi connectivity index (χ2n) is 6.54. The fourth-order valence-corrected chi connectivity index (χ4v) is 3.30. The predicted octanol–water partition coefficient (Wildman–Crippen LogP) is 2.92. The Morgan fingerprint density at radius 2 is 1.85 bits per heavy atom. The van der Waals surface area contributed by atoms with Crippen LogP contribution < -0.4 is 0 Å². The Kier molecular flexibility index (Phi) is 4.76. The van der Waals surface area contributed by atoms with E-state index in [0.29, 0.717) is 6.54 Å². The maximum Gasteiger partial charge on any atom is 0.178 e. The van der Waals surface area contributed by atoms with Crippen molar-refractivity contribution >= 4 is 0 Å². The quantitative estimate of drug-likeness (QED) is 0.573. The Morgan fingerprint density at radius 3 is 2.59 bits per heavy atom. The summed E-state index contributed by atoms with van der Waals surface area (Å²) < 4.78 is 1.83. The Labute approximate surface area is 157 Å². The molecular weight excluding hydrogens is 338 g/mol. The van der Waals surface area contributed by atoms with Gasteiger partial charge in [-0.2, -0.15) is 4.68 Å². The van der Waals surface area contributed by atoms with Gasteiger partial charge in [-0.3, -0.25) is 4.90 Å². The van der Waals surface area contributed by atoms with E-state index in [0.717, 1.165) is 28.3 Å². The molecule has 0 saturated heterocycles. The summed E-state index contributed by atoms with van der Waals surface area (Å²) in [5.74, 6) is 0.775. The summed E-state index contributed by atoms with van der Waals surface area (Å²) in [6, 6.07) is 18.3. The van der Waals surface area contributed by atoms with Gasteiger partial charge in [-0.05, 0) is 41.6 Å². The maximum atomic E-state index is 4.40. The van der Waals surface area contributed by atoms with Crippen LogP contribution in [0.1, 0.15) is 28.7 Å². The van der Waals surface area contributed by atoms with Crippen LogP contribution in [0.5, 0.6) is 0 Å². The molecule has 0 saturated carbocycles. The Morgan fingerprint density at radius 1 is 1.07 bits per heavy atom. The van der Waals surface area contributed by atoms with Crippen LogP contribution in [0.4, 0.5) is 0 Å². The normalized spacial score (nSPS) is 12.4. The summed E-state index contributed by atoms with van der Waals surface area (Å²) in [5.41, 5.74) is 4.26. The monoisotopic (exact) mass is 359 g/mol. The molecule has 27 heavy (non-hydrogen) atoms. The highest BCUT2D eigenvalue weighted by Gasteiger charge is 2.26. The van der Waals surface area contributed by atoms with Crippen LogP contribution in [0.3, 0.4) is 0 Å². The Bertz CT molecular complexity index is 992. The van der Waals surface area contributed by atoms with Crippen LogP contribution in [0.2, 0.25) is 0 Å². The minimum absolute atomic E-state index is 0.107. The second-order valence-corrected chi connectivity index (χ2v) is 6.54. The third-order valence-corrected chi connectivity index (χ3v) is 4.61. The lowest BCUT2D eigenvalue weighted by molar-refractivity contribution is 0.255. The van der Waals surface area contributed by atoms with Crippen LogP contribution in [0.15, 0.2) is 67.1 Å². The molecule has 4 aromatic rings. The van der Waals surface area contributed by atoms with E-state index in [1.54, 1.807) is 6.33 Å². The van der Waals surface area contributed by atoms with Gasteiger partial charge < -0.3 is 4.98 Å². The first-order valence-corrected chi connectivity index (χ1v) is 8.81. The molecule has 0 spiro atoms. The Balaban J connectivity index is 1.78. The molecule has 7 nitrogen and oxygen atoms in total. The van der Waals surface area contributed by atoms with E-state index < -0.39 is 0 Å². The number of aromatic nitrogens is 6. The van der Waals surface area contributed by atoms with Crippen molar-refractivity contribution in [1.82, 2.24) is 35.1 Å². The summed E-state index contributed by atoms with van der Waals surface area (Å²) in [5, 5.41) is 12.7. The zero-order valence-corrected chi connectivity index (χ0v) is 15.3. The summed E-state index contributed by atoms with van der Waals surface area (Å²) in [4.78, 5) is 9.49. The van der Waals surface area contributed by atoms with E-state index >= 15 is 0 Å². The smallest absolute Gasteiger partial charge is 0.178 e. The van der Waals surface area contributed by atoms with Gasteiger partial charge in [0, 0.05) is 18.4 Å². The molecule has 0 aliphatic heterocycles. The molecule has 2 aromatic carbocycles. The zero-order chi connectivity index (χ0) is 18.6. The number of nitrogens with one attached hydrogen (secondary N) is 1. The van der Waals surface area contributed by atoms with Crippen molar-refractivity contribution < 1.29 is 0 Å². The van der Waals surface area contributed by atoms with Crippen LogP contribution in [0.25, 0.3) is 5.69 Å². The number of H-pyrrole nitrogens is 1. The minimum Gasteiger partial charge on any atom is -0.347 e.